The highest BCUT2D eigenvalue weighted by molar-refractivity contribution is 5.79. The van der Waals surface area contributed by atoms with Crippen LogP contribution >= 0.6 is 0 Å². The molecule has 1 unspecified atom stereocenters. The van der Waals surface area contributed by atoms with Crippen molar-refractivity contribution in [3.8, 4) is 0 Å². The average Bonchev–Trinajstić information content (AvgIpc) is 2.44. The van der Waals surface area contributed by atoms with E-state index >= 15 is 0 Å². The fourth-order valence-electron chi connectivity index (χ4n) is 1.78. The van der Waals surface area contributed by atoms with Gasteiger partial charge in [-0.3, -0.25) is 9.59 Å². The number of hydrogen-bond donors (Lipinski definition) is 2. The first kappa shape index (κ1) is 16.2. The fraction of sp³-hybridized carbons (Fsp3) is 0.500. The number of carbonyl (C=O) groups is 2. The van der Waals surface area contributed by atoms with Crippen molar-refractivity contribution in [1.29, 1.82) is 0 Å². The van der Waals surface area contributed by atoms with Crippen LogP contribution in [-0.4, -0.2) is 18.9 Å². The Morgan fingerprint density at radius 2 is 1.80 bits per heavy atom. The predicted molar refractivity (Wildman–Crippen MR) is 80.1 cm³/mol. The third-order valence-corrected chi connectivity index (χ3v) is 3.52. The molecule has 110 valence electrons. The molecule has 1 aromatic rings. The molecule has 1 atom stereocenters. The summed E-state index contributed by atoms with van der Waals surface area (Å²) in [6.07, 6.45) is 0.362. The molecule has 4 nitrogen and oxygen atoms in total. The molecule has 2 amide bonds. The van der Waals surface area contributed by atoms with E-state index in [1.165, 1.54) is 0 Å². The Morgan fingerprint density at radius 3 is 2.40 bits per heavy atom. The molecule has 0 aliphatic carbocycles. The molecule has 4 heteroatoms. The van der Waals surface area contributed by atoms with Crippen LogP contribution in [0.2, 0.25) is 0 Å². The molecule has 1 aromatic carbocycles. The summed E-state index contributed by atoms with van der Waals surface area (Å²) < 4.78 is 0. The zero-order chi connectivity index (χ0) is 15.1. The van der Waals surface area contributed by atoms with Crippen molar-refractivity contribution in [2.45, 2.75) is 33.7 Å². The van der Waals surface area contributed by atoms with E-state index in [-0.39, 0.29) is 17.7 Å². The lowest BCUT2D eigenvalue weighted by Gasteiger charge is -2.15. The topological polar surface area (TPSA) is 58.2 Å². The number of nitrogens with one attached hydrogen (secondary N) is 2. The van der Waals surface area contributed by atoms with E-state index in [1.54, 1.807) is 7.05 Å². The molecule has 0 heterocycles. The number of rotatable bonds is 6. The van der Waals surface area contributed by atoms with E-state index in [0.717, 1.165) is 11.1 Å². The van der Waals surface area contributed by atoms with Crippen molar-refractivity contribution >= 4 is 11.8 Å². The molecular formula is C16H24N2O2. The minimum absolute atomic E-state index is 0.00375. The maximum atomic E-state index is 11.9. The summed E-state index contributed by atoms with van der Waals surface area (Å²) in [5, 5.41) is 5.54. The van der Waals surface area contributed by atoms with Crippen LogP contribution in [-0.2, 0) is 22.6 Å². The van der Waals surface area contributed by atoms with E-state index in [2.05, 4.69) is 10.6 Å². The second kappa shape index (κ2) is 7.68. The molecule has 2 N–H and O–H groups in total. The van der Waals surface area contributed by atoms with Crippen molar-refractivity contribution in [2.24, 2.45) is 11.8 Å². The lowest BCUT2D eigenvalue weighted by molar-refractivity contribution is -0.126. The summed E-state index contributed by atoms with van der Waals surface area (Å²) in [4.78, 5) is 23.2. The van der Waals surface area contributed by atoms with Gasteiger partial charge in [-0.15, -0.1) is 0 Å². The molecule has 0 saturated carbocycles. The predicted octanol–water partition coefficient (Wildman–Crippen LogP) is 1.88. The first-order valence-electron chi connectivity index (χ1n) is 7.00. The van der Waals surface area contributed by atoms with Crippen LogP contribution in [0.1, 0.15) is 31.9 Å². The van der Waals surface area contributed by atoms with Gasteiger partial charge >= 0.3 is 0 Å². The Morgan fingerprint density at radius 1 is 1.15 bits per heavy atom. The van der Waals surface area contributed by atoms with Gasteiger partial charge in [0.15, 0.2) is 0 Å². The van der Waals surface area contributed by atoms with E-state index in [4.69, 9.17) is 0 Å². The van der Waals surface area contributed by atoms with E-state index in [0.29, 0.717) is 18.9 Å². The Labute approximate surface area is 121 Å². The van der Waals surface area contributed by atoms with E-state index in [1.807, 2.05) is 45.0 Å². The molecule has 20 heavy (non-hydrogen) atoms. The lowest BCUT2D eigenvalue weighted by atomic mass is 9.97. The van der Waals surface area contributed by atoms with Gasteiger partial charge in [0, 0.05) is 19.5 Å². The maximum Gasteiger partial charge on any atom is 0.224 e. The molecule has 0 bridgehead atoms. The average molecular weight is 276 g/mol. The van der Waals surface area contributed by atoms with Gasteiger partial charge in [-0.25, -0.2) is 0 Å². The quantitative estimate of drug-likeness (QED) is 0.833. The minimum Gasteiger partial charge on any atom is -0.359 e. The molecule has 0 spiro atoms. The molecule has 0 aliphatic heterocycles. The number of carbonyl (C=O) groups excluding carboxylic acids is 2. The minimum atomic E-state index is -0.0142. The number of amides is 2. The molecule has 0 aromatic heterocycles. The van der Waals surface area contributed by atoms with Gasteiger partial charge in [0.2, 0.25) is 11.8 Å². The van der Waals surface area contributed by atoms with Gasteiger partial charge in [-0.2, -0.15) is 0 Å². The highest BCUT2D eigenvalue weighted by atomic mass is 16.2. The van der Waals surface area contributed by atoms with Gasteiger partial charge in [-0.05, 0) is 17.0 Å². The Hall–Kier alpha value is -1.84. The van der Waals surface area contributed by atoms with Gasteiger partial charge in [0.25, 0.3) is 0 Å². The zero-order valence-corrected chi connectivity index (χ0v) is 12.7. The number of benzene rings is 1. The highest BCUT2D eigenvalue weighted by Crippen LogP contribution is 2.10. The van der Waals surface area contributed by atoms with Crippen LogP contribution < -0.4 is 10.6 Å². The molecular weight excluding hydrogens is 252 g/mol. The van der Waals surface area contributed by atoms with Crippen molar-refractivity contribution in [3.63, 3.8) is 0 Å². The first-order valence-corrected chi connectivity index (χ1v) is 7.00. The monoisotopic (exact) mass is 276 g/mol. The number of hydrogen-bond acceptors (Lipinski definition) is 2. The smallest absolute Gasteiger partial charge is 0.224 e. The third-order valence-electron chi connectivity index (χ3n) is 3.52. The zero-order valence-electron chi connectivity index (χ0n) is 12.7. The van der Waals surface area contributed by atoms with Crippen molar-refractivity contribution in [2.75, 3.05) is 7.05 Å². The Bertz CT molecular complexity index is 469. The summed E-state index contributed by atoms with van der Waals surface area (Å²) in [5.74, 6) is 0.384. The molecule has 0 radical (unpaired) electrons. The summed E-state index contributed by atoms with van der Waals surface area (Å²) in [6.45, 7) is 6.50. The Balaban J connectivity index is 2.58. The Kier molecular flexibility index (Phi) is 6.22. The van der Waals surface area contributed by atoms with Gasteiger partial charge in [0.1, 0.15) is 0 Å². The summed E-state index contributed by atoms with van der Waals surface area (Å²) >= 11 is 0. The van der Waals surface area contributed by atoms with Gasteiger partial charge < -0.3 is 10.6 Å². The first-order chi connectivity index (χ1) is 9.43. The van der Waals surface area contributed by atoms with Crippen molar-refractivity contribution in [3.05, 3.63) is 35.4 Å². The third kappa shape index (κ3) is 5.03. The highest BCUT2D eigenvalue weighted by Gasteiger charge is 2.15. The van der Waals surface area contributed by atoms with E-state index in [9.17, 15) is 9.59 Å². The SMILES string of the molecule is CNC(=O)Cc1cccc(CNC(=O)C(C)C(C)C)c1. The maximum absolute atomic E-state index is 11.9. The van der Waals surface area contributed by atoms with Crippen LogP contribution in [0.4, 0.5) is 0 Å². The molecule has 0 fully saturated rings. The van der Waals surface area contributed by atoms with Gasteiger partial charge in [0.05, 0.1) is 6.42 Å². The molecule has 0 aliphatic rings. The van der Waals surface area contributed by atoms with Crippen LogP contribution in [0.15, 0.2) is 24.3 Å². The summed E-state index contributed by atoms with van der Waals surface area (Å²) in [7, 11) is 1.62. The second-order valence-electron chi connectivity index (χ2n) is 5.42. The normalized spacial score (nSPS) is 12.1. The van der Waals surface area contributed by atoms with Crippen LogP contribution in [0.25, 0.3) is 0 Å². The summed E-state index contributed by atoms with van der Waals surface area (Å²) in [6, 6.07) is 7.73. The lowest BCUT2D eigenvalue weighted by Crippen LogP contribution is -2.31. The molecule has 0 saturated heterocycles. The van der Waals surface area contributed by atoms with Crippen LogP contribution in [0.5, 0.6) is 0 Å². The standard InChI is InChI=1S/C16H24N2O2/c1-11(2)12(3)16(20)18-10-14-7-5-6-13(8-14)9-15(19)17-4/h5-8,11-12H,9-10H2,1-4H3,(H,17,19)(H,18,20). The number of likely N-dealkylation sites (N-methyl/N-ethyl adjacent to an activating group) is 1. The second-order valence-corrected chi connectivity index (χ2v) is 5.42. The van der Waals surface area contributed by atoms with Gasteiger partial charge in [-0.1, -0.05) is 45.0 Å². The van der Waals surface area contributed by atoms with Crippen LogP contribution in [0, 0.1) is 11.8 Å². The van der Waals surface area contributed by atoms with Crippen LogP contribution in [0.3, 0.4) is 0 Å². The van der Waals surface area contributed by atoms with E-state index < -0.39 is 0 Å². The largest absolute Gasteiger partial charge is 0.359 e. The molecule has 1 rings (SSSR count). The summed E-state index contributed by atoms with van der Waals surface area (Å²) in [5.41, 5.74) is 1.96. The van der Waals surface area contributed by atoms with Crippen molar-refractivity contribution in [1.82, 2.24) is 10.6 Å². The van der Waals surface area contributed by atoms with Crippen molar-refractivity contribution < 1.29 is 9.59 Å². The fourth-order valence-corrected chi connectivity index (χ4v) is 1.78.